The number of hydrogen-bond acceptors (Lipinski definition) is 3. The number of nitrogens with one attached hydrogen (secondary N) is 1. The van der Waals surface area contributed by atoms with Crippen molar-refractivity contribution >= 4 is 0 Å². The van der Waals surface area contributed by atoms with Crippen molar-refractivity contribution in [1.29, 1.82) is 0 Å². The Morgan fingerprint density at radius 1 is 1.21 bits per heavy atom. The Balaban J connectivity index is 1.24. The van der Waals surface area contributed by atoms with E-state index in [9.17, 15) is 0 Å². The minimum atomic E-state index is 0.840. The van der Waals surface area contributed by atoms with Gasteiger partial charge in [0.05, 0.1) is 6.54 Å². The molecule has 1 aromatic heterocycles. The largest absolute Gasteiger partial charge is 0.333 e. The molecule has 2 aliphatic carbocycles. The van der Waals surface area contributed by atoms with Gasteiger partial charge in [-0.25, -0.2) is 4.98 Å². The van der Waals surface area contributed by atoms with Crippen molar-refractivity contribution < 1.29 is 0 Å². The maximum absolute atomic E-state index is 4.43. The molecule has 2 heterocycles. The second-order valence-electron chi connectivity index (χ2n) is 6.47. The van der Waals surface area contributed by atoms with Crippen molar-refractivity contribution in [3.63, 3.8) is 0 Å². The van der Waals surface area contributed by atoms with Crippen molar-refractivity contribution in [2.24, 2.45) is 11.8 Å². The summed E-state index contributed by atoms with van der Waals surface area (Å²) in [7, 11) is 0. The lowest BCUT2D eigenvalue weighted by Gasteiger charge is -2.28. The van der Waals surface area contributed by atoms with E-state index in [1.807, 2.05) is 6.20 Å². The summed E-state index contributed by atoms with van der Waals surface area (Å²) in [5.74, 6) is 3.24. The number of nitrogens with zero attached hydrogens (tertiary/aromatic N) is 3. The molecule has 0 aromatic carbocycles. The van der Waals surface area contributed by atoms with Gasteiger partial charge in [0, 0.05) is 44.6 Å². The maximum atomic E-state index is 4.43. The molecule has 4 rings (SSSR count). The van der Waals surface area contributed by atoms with Crippen LogP contribution in [0.3, 0.4) is 0 Å². The van der Waals surface area contributed by atoms with Crippen LogP contribution in [-0.4, -0.2) is 40.1 Å². The monoisotopic (exact) mass is 260 g/mol. The Labute approximate surface area is 115 Å². The highest BCUT2D eigenvalue weighted by molar-refractivity contribution is 4.97. The van der Waals surface area contributed by atoms with Crippen LogP contribution < -0.4 is 5.32 Å². The van der Waals surface area contributed by atoms with Crippen molar-refractivity contribution in [3.05, 3.63) is 18.2 Å². The lowest BCUT2D eigenvalue weighted by atomic mass is 10.1. The molecule has 4 heteroatoms. The van der Waals surface area contributed by atoms with Crippen LogP contribution in [0.1, 0.15) is 31.5 Å². The highest BCUT2D eigenvalue weighted by Gasteiger charge is 2.40. The molecule has 1 aliphatic heterocycles. The van der Waals surface area contributed by atoms with Gasteiger partial charge in [0.25, 0.3) is 0 Å². The molecule has 0 spiro atoms. The van der Waals surface area contributed by atoms with E-state index < -0.39 is 0 Å². The van der Waals surface area contributed by atoms with Crippen LogP contribution in [-0.2, 0) is 13.1 Å². The molecule has 1 aromatic rings. The zero-order valence-electron chi connectivity index (χ0n) is 11.6. The second-order valence-corrected chi connectivity index (χ2v) is 6.47. The lowest BCUT2D eigenvalue weighted by Crippen LogP contribution is -2.42. The summed E-state index contributed by atoms with van der Waals surface area (Å²) in [5, 5.41) is 3.84. The Morgan fingerprint density at radius 3 is 2.74 bits per heavy atom. The predicted molar refractivity (Wildman–Crippen MR) is 74.7 cm³/mol. The van der Waals surface area contributed by atoms with E-state index >= 15 is 0 Å². The molecule has 1 N–H and O–H groups in total. The molecular formula is C15H24N4. The molecule has 19 heavy (non-hydrogen) atoms. The van der Waals surface area contributed by atoms with Crippen LogP contribution in [0.15, 0.2) is 12.4 Å². The maximum Gasteiger partial charge on any atom is 0.122 e. The van der Waals surface area contributed by atoms with E-state index in [1.54, 1.807) is 0 Å². The van der Waals surface area contributed by atoms with Crippen LogP contribution in [0.5, 0.6) is 0 Å². The molecule has 4 nitrogen and oxygen atoms in total. The van der Waals surface area contributed by atoms with Gasteiger partial charge in [0.15, 0.2) is 0 Å². The zero-order chi connectivity index (χ0) is 12.7. The average Bonchev–Trinajstić information content (AvgIpc) is 3.33. The van der Waals surface area contributed by atoms with Crippen LogP contribution >= 0.6 is 0 Å². The van der Waals surface area contributed by atoms with Gasteiger partial charge in [-0.3, -0.25) is 4.90 Å². The van der Waals surface area contributed by atoms with Gasteiger partial charge in [-0.05, 0) is 37.5 Å². The van der Waals surface area contributed by atoms with Gasteiger partial charge in [0.1, 0.15) is 5.82 Å². The van der Waals surface area contributed by atoms with Gasteiger partial charge in [0.2, 0.25) is 0 Å². The summed E-state index contributed by atoms with van der Waals surface area (Å²) in [5.41, 5.74) is 0. The van der Waals surface area contributed by atoms with Crippen LogP contribution in [0.4, 0.5) is 0 Å². The predicted octanol–water partition coefficient (Wildman–Crippen LogP) is 1.48. The third kappa shape index (κ3) is 2.70. The topological polar surface area (TPSA) is 33.1 Å². The molecule has 0 unspecified atom stereocenters. The highest BCUT2D eigenvalue weighted by atomic mass is 15.2. The van der Waals surface area contributed by atoms with Crippen molar-refractivity contribution in [1.82, 2.24) is 19.8 Å². The van der Waals surface area contributed by atoms with E-state index in [0.29, 0.717) is 0 Å². The van der Waals surface area contributed by atoms with Crippen LogP contribution in [0, 0.1) is 11.8 Å². The summed E-state index contributed by atoms with van der Waals surface area (Å²) in [4.78, 5) is 6.96. The molecule has 104 valence electrons. The first-order valence-corrected chi connectivity index (χ1v) is 7.86. The summed E-state index contributed by atoms with van der Waals surface area (Å²) in [6.45, 7) is 5.61. The molecule has 3 aliphatic rings. The first-order chi connectivity index (χ1) is 9.40. The number of rotatable bonds is 6. The van der Waals surface area contributed by atoms with Gasteiger partial charge >= 0.3 is 0 Å². The Bertz CT molecular complexity index is 421. The Morgan fingerprint density at radius 2 is 2.00 bits per heavy atom. The third-order valence-electron chi connectivity index (χ3n) is 4.89. The number of imidazole rings is 1. The Hall–Kier alpha value is -0.870. The van der Waals surface area contributed by atoms with E-state index in [1.165, 1.54) is 44.6 Å². The van der Waals surface area contributed by atoms with Crippen molar-refractivity contribution in [3.8, 4) is 0 Å². The van der Waals surface area contributed by atoms with Gasteiger partial charge in [-0.1, -0.05) is 0 Å². The van der Waals surface area contributed by atoms with E-state index in [2.05, 4.69) is 26.0 Å². The van der Waals surface area contributed by atoms with Gasteiger partial charge in [-0.15, -0.1) is 0 Å². The molecule has 0 radical (unpaired) electrons. The van der Waals surface area contributed by atoms with Crippen molar-refractivity contribution in [2.75, 3.05) is 19.6 Å². The fraction of sp³-hybridized carbons (Fsp3) is 0.800. The molecule has 0 saturated heterocycles. The smallest absolute Gasteiger partial charge is 0.122 e. The van der Waals surface area contributed by atoms with Crippen molar-refractivity contribution in [2.45, 2.75) is 44.8 Å². The number of aromatic nitrogens is 2. The third-order valence-corrected chi connectivity index (χ3v) is 4.89. The average molecular weight is 260 g/mol. The molecule has 0 bridgehead atoms. The summed E-state index contributed by atoms with van der Waals surface area (Å²) in [6.07, 6.45) is 9.89. The molecule has 0 atom stereocenters. The van der Waals surface area contributed by atoms with Gasteiger partial charge < -0.3 is 9.88 Å². The normalized spacial score (nSPS) is 23.8. The second kappa shape index (κ2) is 4.91. The van der Waals surface area contributed by atoms with E-state index in [4.69, 9.17) is 0 Å². The standard InChI is InChI=1S/C15H24N4/c1-2-12(1)15(13-3-4-13)17-5-7-18-9-10-19-8-6-16-14(19)11-18/h6,8,12-13,15,17H,1-5,7,9-11H2. The zero-order valence-corrected chi connectivity index (χ0v) is 11.6. The molecule has 2 saturated carbocycles. The fourth-order valence-electron chi connectivity index (χ4n) is 3.43. The number of fused-ring (bicyclic) bond motifs is 1. The SMILES string of the molecule is c1cn2c(n1)CN(CCNC(C1CC1)C1CC1)CC2. The lowest BCUT2D eigenvalue weighted by molar-refractivity contribution is 0.212. The quantitative estimate of drug-likeness (QED) is 0.841. The number of hydrogen-bond donors (Lipinski definition) is 1. The van der Waals surface area contributed by atoms with E-state index in [0.717, 1.165) is 37.5 Å². The first-order valence-electron chi connectivity index (χ1n) is 7.86. The Kier molecular flexibility index (Phi) is 3.08. The van der Waals surface area contributed by atoms with Crippen LogP contribution in [0.2, 0.25) is 0 Å². The van der Waals surface area contributed by atoms with Crippen LogP contribution in [0.25, 0.3) is 0 Å². The molecule has 0 amide bonds. The summed E-state index contributed by atoms with van der Waals surface area (Å²) < 4.78 is 2.28. The summed E-state index contributed by atoms with van der Waals surface area (Å²) >= 11 is 0. The fourth-order valence-corrected chi connectivity index (χ4v) is 3.43. The minimum absolute atomic E-state index is 0.840. The first kappa shape index (κ1) is 11.9. The summed E-state index contributed by atoms with van der Waals surface area (Å²) in [6, 6.07) is 0.840. The van der Waals surface area contributed by atoms with Gasteiger partial charge in [-0.2, -0.15) is 0 Å². The highest BCUT2D eigenvalue weighted by Crippen LogP contribution is 2.44. The minimum Gasteiger partial charge on any atom is -0.333 e. The molecular weight excluding hydrogens is 236 g/mol. The van der Waals surface area contributed by atoms with E-state index in [-0.39, 0.29) is 0 Å². The molecule has 2 fully saturated rings.